The second-order valence-electron chi connectivity index (χ2n) is 4.05. The van der Waals surface area contributed by atoms with Gasteiger partial charge in [-0.25, -0.2) is 0 Å². The van der Waals surface area contributed by atoms with Crippen molar-refractivity contribution in [1.82, 2.24) is 5.32 Å². The summed E-state index contributed by atoms with van der Waals surface area (Å²) in [5, 5.41) is 3.19. The van der Waals surface area contributed by atoms with Crippen LogP contribution in [-0.4, -0.2) is 32.0 Å². The van der Waals surface area contributed by atoms with Gasteiger partial charge in [0.05, 0.1) is 11.3 Å². The van der Waals surface area contributed by atoms with Crippen LogP contribution in [0.2, 0.25) is 0 Å². The number of nitrogens with zero attached hydrogens (tertiary/aromatic N) is 1. The standard InChI is InChI=1S/C12H20N4O2S/c1-4-6-16(5-2)12-7(10(14)17)8(13)9(19-12)11(18)15-3/h4-6,13H2,1-3H3,(H2,14,17)(H,15,18). The first kappa shape index (κ1) is 15.3. The normalized spacial score (nSPS) is 10.3. The number of hydrogen-bond donors (Lipinski definition) is 3. The summed E-state index contributed by atoms with van der Waals surface area (Å²) < 4.78 is 0. The molecule has 7 heteroatoms. The largest absolute Gasteiger partial charge is 0.397 e. The highest BCUT2D eigenvalue weighted by Gasteiger charge is 2.26. The smallest absolute Gasteiger partial charge is 0.263 e. The van der Waals surface area contributed by atoms with Crippen LogP contribution in [-0.2, 0) is 0 Å². The van der Waals surface area contributed by atoms with Crippen LogP contribution in [0.25, 0.3) is 0 Å². The van der Waals surface area contributed by atoms with E-state index < -0.39 is 5.91 Å². The maximum atomic E-state index is 11.7. The van der Waals surface area contributed by atoms with Crippen molar-refractivity contribution in [1.29, 1.82) is 0 Å². The quantitative estimate of drug-likeness (QED) is 0.726. The molecule has 2 amide bonds. The lowest BCUT2D eigenvalue weighted by Crippen LogP contribution is -2.25. The van der Waals surface area contributed by atoms with E-state index in [1.54, 1.807) is 0 Å². The molecule has 0 aromatic carbocycles. The third-order valence-corrected chi connectivity index (χ3v) is 4.03. The summed E-state index contributed by atoms with van der Waals surface area (Å²) >= 11 is 1.21. The van der Waals surface area contributed by atoms with E-state index >= 15 is 0 Å². The molecule has 1 aromatic rings. The van der Waals surface area contributed by atoms with E-state index in [1.807, 2.05) is 18.7 Å². The van der Waals surface area contributed by atoms with Gasteiger partial charge in [0.15, 0.2) is 0 Å². The van der Waals surface area contributed by atoms with E-state index in [4.69, 9.17) is 11.5 Å². The summed E-state index contributed by atoms with van der Waals surface area (Å²) in [5.41, 5.74) is 11.7. The Labute approximate surface area is 116 Å². The topological polar surface area (TPSA) is 101 Å². The van der Waals surface area contributed by atoms with Crippen molar-refractivity contribution in [3.05, 3.63) is 10.4 Å². The number of rotatable bonds is 6. The van der Waals surface area contributed by atoms with Crippen LogP contribution in [0.5, 0.6) is 0 Å². The number of carbonyl (C=O) groups excluding carboxylic acids is 2. The lowest BCUT2D eigenvalue weighted by atomic mass is 10.2. The fourth-order valence-electron chi connectivity index (χ4n) is 1.85. The predicted octanol–water partition coefficient (Wildman–Crippen LogP) is 1.03. The number of amides is 2. The highest BCUT2D eigenvalue weighted by molar-refractivity contribution is 7.19. The number of thiophene rings is 1. The van der Waals surface area contributed by atoms with Crippen molar-refractivity contribution in [3.63, 3.8) is 0 Å². The molecule has 0 unspecified atom stereocenters. The van der Waals surface area contributed by atoms with Crippen LogP contribution in [0.3, 0.4) is 0 Å². The Bertz CT molecular complexity index is 484. The summed E-state index contributed by atoms with van der Waals surface area (Å²) in [5.74, 6) is -0.905. The van der Waals surface area contributed by atoms with Crippen molar-refractivity contribution in [2.75, 3.05) is 30.8 Å². The van der Waals surface area contributed by atoms with Crippen LogP contribution in [0, 0.1) is 0 Å². The first-order chi connectivity index (χ1) is 8.97. The van der Waals surface area contributed by atoms with Gasteiger partial charge in [-0.3, -0.25) is 9.59 Å². The summed E-state index contributed by atoms with van der Waals surface area (Å²) in [4.78, 5) is 25.7. The highest BCUT2D eigenvalue weighted by atomic mass is 32.1. The fourth-order valence-corrected chi connectivity index (χ4v) is 3.11. The Kier molecular flexibility index (Phi) is 5.17. The fraction of sp³-hybridized carbons (Fsp3) is 0.500. The van der Waals surface area contributed by atoms with Gasteiger partial charge in [-0.2, -0.15) is 0 Å². The Morgan fingerprint density at radius 3 is 2.42 bits per heavy atom. The molecule has 1 aromatic heterocycles. The van der Waals surface area contributed by atoms with Gasteiger partial charge in [-0.05, 0) is 13.3 Å². The minimum Gasteiger partial charge on any atom is -0.397 e. The van der Waals surface area contributed by atoms with Crippen molar-refractivity contribution < 1.29 is 9.59 Å². The third-order valence-electron chi connectivity index (χ3n) is 2.77. The molecule has 0 saturated carbocycles. The van der Waals surface area contributed by atoms with Gasteiger partial charge in [0.25, 0.3) is 11.8 Å². The summed E-state index contributed by atoms with van der Waals surface area (Å²) in [6.07, 6.45) is 0.930. The number of nitrogen functional groups attached to an aromatic ring is 1. The molecular formula is C12H20N4O2S. The zero-order chi connectivity index (χ0) is 14.6. The van der Waals surface area contributed by atoms with Crippen LogP contribution in [0.4, 0.5) is 10.7 Å². The molecule has 6 nitrogen and oxygen atoms in total. The van der Waals surface area contributed by atoms with E-state index in [9.17, 15) is 9.59 Å². The summed E-state index contributed by atoms with van der Waals surface area (Å²) in [7, 11) is 1.52. The maximum absolute atomic E-state index is 11.7. The molecule has 0 radical (unpaired) electrons. The lowest BCUT2D eigenvalue weighted by Gasteiger charge is -2.21. The van der Waals surface area contributed by atoms with E-state index in [1.165, 1.54) is 18.4 Å². The van der Waals surface area contributed by atoms with Crippen molar-refractivity contribution in [2.45, 2.75) is 20.3 Å². The molecule has 0 aliphatic rings. The molecule has 1 rings (SSSR count). The van der Waals surface area contributed by atoms with E-state index in [0.29, 0.717) is 9.88 Å². The predicted molar refractivity (Wildman–Crippen MR) is 78.8 cm³/mol. The van der Waals surface area contributed by atoms with Crippen LogP contribution >= 0.6 is 11.3 Å². The van der Waals surface area contributed by atoms with Crippen LogP contribution in [0.15, 0.2) is 0 Å². The number of hydrogen-bond acceptors (Lipinski definition) is 5. The van der Waals surface area contributed by atoms with Gasteiger partial charge in [0.2, 0.25) is 0 Å². The van der Waals surface area contributed by atoms with Gasteiger partial charge in [0, 0.05) is 20.1 Å². The number of carbonyl (C=O) groups is 2. The number of primary amides is 1. The third kappa shape index (κ3) is 2.98. The second kappa shape index (κ2) is 6.42. The van der Waals surface area contributed by atoms with Crippen LogP contribution < -0.4 is 21.7 Å². The van der Waals surface area contributed by atoms with E-state index in [2.05, 4.69) is 5.32 Å². The Hall–Kier alpha value is -1.76. The Morgan fingerprint density at radius 1 is 1.37 bits per heavy atom. The van der Waals surface area contributed by atoms with Crippen molar-refractivity contribution >= 4 is 33.8 Å². The zero-order valence-corrected chi connectivity index (χ0v) is 12.3. The monoisotopic (exact) mass is 284 g/mol. The molecule has 0 aliphatic heterocycles. The first-order valence-electron chi connectivity index (χ1n) is 6.16. The van der Waals surface area contributed by atoms with Gasteiger partial charge < -0.3 is 21.7 Å². The lowest BCUT2D eigenvalue weighted by molar-refractivity contribution is 0.0967. The summed E-state index contributed by atoms with van der Waals surface area (Å²) in [6, 6.07) is 0. The number of anilines is 2. The second-order valence-corrected chi connectivity index (χ2v) is 5.05. The molecule has 19 heavy (non-hydrogen) atoms. The van der Waals surface area contributed by atoms with Crippen molar-refractivity contribution in [3.8, 4) is 0 Å². The maximum Gasteiger partial charge on any atom is 0.263 e. The molecule has 0 saturated heterocycles. The van der Waals surface area contributed by atoms with Gasteiger partial charge in [-0.1, -0.05) is 6.92 Å². The van der Waals surface area contributed by atoms with Crippen molar-refractivity contribution in [2.24, 2.45) is 5.73 Å². The molecule has 1 heterocycles. The van der Waals surface area contributed by atoms with E-state index in [-0.39, 0.29) is 17.2 Å². The molecule has 0 aliphatic carbocycles. The van der Waals surface area contributed by atoms with E-state index in [0.717, 1.165) is 19.5 Å². The minimum absolute atomic E-state index is 0.168. The minimum atomic E-state index is -0.603. The molecular weight excluding hydrogens is 264 g/mol. The average Bonchev–Trinajstić information content (AvgIpc) is 2.72. The average molecular weight is 284 g/mol. The van der Waals surface area contributed by atoms with Gasteiger partial charge in [-0.15, -0.1) is 11.3 Å². The molecule has 5 N–H and O–H groups in total. The molecule has 106 valence electrons. The first-order valence-corrected chi connectivity index (χ1v) is 6.98. The SMILES string of the molecule is CCCN(CC)c1sc(C(=O)NC)c(N)c1C(N)=O. The Balaban J connectivity index is 3.37. The number of nitrogens with two attached hydrogens (primary N) is 2. The number of nitrogens with one attached hydrogen (secondary N) is 1. The highest BCUT2D eigenvalue weighted by Crippen LogP contribution is 2.38. The zero-order valence-electron chi connectivity index (χ0n) is 11.4. The molecule has 0 spiro atoms. The Morgan fingerprint density at radius 2 is 2.00 bits per heavy atom. The molecule has 0 fully saturated rings. The molecule has 0 bridgehead atoms. The van der Waals surface area contributed by atoms with Gasteiger partial charge in [0.1, 0.15) is 9.88 Å². The van der Waals surface area contributed by atoms with Gasteiger partial charge >= 0.3 is 0 Å². The summed E-state index contributed by atoms with van der Waals surface area (Å²) in [6.45, 7) is 5.53. The molecule has 0 atom stereocenters. The van der Waals surface area contributed by atoms with Crippen LogP contribution in [0.1, 0.15) is 40.3 Å².